The van der Waals surface area contributed by atoms with Crippen LogP contribution in [-0.2, 0) is 4.43 Å². The molecule has 1 aromatic carbocycles. The molecule has 1 aromatic rings. The van der Waals surface area contributed by atoms with E-state index in [0.29, 0.717) is 12.3 Å². The average Bonchev–Trinajstić information content (AvgIpc) is 2.27. The van der Waals surface area contributed by atoms with Crippen molar-refractivity contribution in [3.63, 3.8) is 0 Å². The Morgan fingerprint density at radius 1 is 1.21 bits per heavy atom. The highest BCUT2D eigenvalue weighted by molar-refractivity contribution is 6.69. The molecule has 0 saturated heterocycles. The largest absolute Gasteiger partial charge is 0.412 e. The van der Waals surface area contributed by atoms with Crippen LogP contribution in [0.2, 0.25) is 19.6 Å². The number of rotatable bonds is 6. The third-order valence-electron chi connectivity index (χ3n) is 3.37. The SMILES string of the molecule is CC(C)C(C)(CC(=O)c1ccccc1)O[Si](C)(C)C. The van der Waals surface area contributed by atoms with Crippen molar-refractivity contribution in [3.05, 3.63) is 35.9 Å². The number of benzene rings is 1. The van der Waals surface area contributed by atoms with Gasteiger partial charge in [-0.05, 0) is 32.5 Å². The van der Waals surface area contributed by atoms with E-state index in [1.807, 2.05) is 30.3 Å². The van der Waals surface area contributed by atoms with Crippen LogP contribution in [0.25, 0.3) is 0 Å². The third-order valence-corrected chi connectivity index (χ3v) is 4.45. The van der Waals surface area contributed by atoms with E-state index in [9.17, 15) is 4.79 Å². The molecular weight excluding hydrogens is 252 g/mol. The van der Waals surface area contributed by atoms with Crippen molar-refractivity contribution < 1.29 is 9.22 Å². The van der Waals surface area contributed by atoms with Gasteiger partial charge in [0.2, 0.25) is 0 Å². The zero-order chi connectivity index (χ0) is 14.7. The molecule has 0 amide bonds. The summed E-state index contributed by atoms with van der Waals surface area (Å²) in [7, 11) is -1.68. The highest BCUT2D eigenvalue weighted by Gasteiger charge is 2.36. The van der Waals surface area contributed by atoms with Crippen LogP contribution in [0.4, 0.5) is 0 Å². The second-order valence-electron chi connectivity index (χ2n) is 6.65. The van der Waals surface area contributed by atoms with E-state index in [-0.39, 0.29) is 11.4 Å². The maximum Gasteiger partial charge on any atom is 0.184 e. The Balaban J connectivity index is 2.88. The van der Waals surface area contributed by atoms with Crippen LogP contribution < -0.4 is 0 Å². The standard InChI is InChI=1S/C16H26O2Si/c1-13(2)16(3,18-19(4,5)6)12-15(17)14-10-8-7-9-11-14/h7-11,13H,12H2,1-6H3. The van der Waals surface area contributed by atoms with Crippen molar-refractivity contribution >= 4 is 14.1 Å². The smallest absolute Gasteiger partial charge is 0.184 e. The van der Waals surface area contributed by atoms with Crippen LogP contribution in [0.1, 0.15) is 37.6 Å². The molecule has 0 aromatic heterocycles. The van der Waals surface area contributed by atoms with Gasteiger partial charge in [-0.2, -0.15) is 0 Å². The highest BCUT2D eigenvalue weighted by Crippen LogP contribution is 2.30. The van der Waals surface area contributed by atoms with Gasteiger partial charge < -0.3 is 4.43 Å². The van der Waals surface area contributed by atoms with Gasteiger partial charge in [-0.3, -0.25) is 4.79 Å². The van der Waals surface area contributed by atoms with E-state index in [4.69, 9.17) is 4.43 Å². The lowest BCUT2D eigenvalue weighted by Gasteiger charge is -2.39. The second-order valence-corrected chi connectivity index (χ2v) is 11.1. The van der Waals surface area contributed by atoms with Crippen molar-refractivity contribution in [1.29, 1.82) is 0 Å². The van der Waals surface area contributed by atoms with E-state index in [1.165, 1.54) is 0 Å². The summed E-state index contributed by atoms with van der Waals surface area (Å²) in [6.45, 7) is 12.8. The summed E-state index contributed by atoms with van der Waals surface area (Å²) in [4.78, 5) is 12.4. The number of Topliss-reactive ketones (excluding diaryl/α,β-unsaturated/α-hetero) is 1. The van der Waals surface area contributed by atoms with Crippen LogP contribution in [0.3, 0.4) is 0 Å². The van der Waals surface area contributed by atoms with Crippen LogP contribution in [-0.4, -0.2) is 19.7 Å². The van der Waals surface area contributed by atoms with E-state index >= 15 is 0 Å². The van der Waals surface area contributed by atoms with Gasteiger partial charge in [-0.25, -0.2) is 0 Å². The normalized spacial score (nSPS) is 15.3. The van der Waals surface area contributed by atoms with E-state index < -0.39 is 8.32 Å². The van der Waals surface area contributed by atoms with E-state index in [1.54, 1.807) is 0 Å². The predicted octanol–water partition coefficient (Wildman–Crippen LogP) is 4.53. The molecule has 0 aliphatic carbocycles. The Kier molecular flexibility index (Phi) is 5.10. The lowest BCUT2D eigenvalue weighted by Crippen LogP contribution is -2.45. The van der Waals surface area contributed by atoms with Crippen molar-refractivity contribution in [2.75, 3.05) is 0 Å². The lowest BCUT2D eigenvalue weighted by atomic mass is 9.86. The highest BCUT2D eigenvalue weighted by atomic mass is 28.4. The number of hydrogen-bond donors (Lipinski definition) is 0. The molecule has 0 spiro atoms. The van der Waals surface area contributed by atoms with E-state index in [2.05, 4.69) is 40.4 Å². The molecule has 0 aliphatic heterocycles. The Bertz CT molecular complexity index is 420. The van der Waals surface area contributed by atoms with Gasteiger partial charge in [0.1, 0.15) is 0 Å². The van der Waals surface area contributed by atoms with Crippen LogP contribution in [0, 0.1) is 5.92 Å². The average molecular weight is 278 g/mol. The molecule has 19 heavy (non-hydrogen) atoms. The molecule has 2 nitrogen and oxygen atoms in total. The Labute approximate surface area is 118 Å². The molecule has 106 valence electrons. The van der Waals surface area contributed by atoms with Crippen molar-refractivity contribution in [3.8, 4) is 0 Å². The quantitative estimate of drug-likeness (QED) is 0.564. The first-order valence-corrected chi connectivity index (χ1v) is 10.3. The third kappa shape index (κ3) is 4.92. The molecule has 3 heteroatoms. The summed E-state index contributed by atoms with van der Waals surface area (Å²) in [5.74, 6) is 0.474. The zero-order valence-corrected chi connectivity index (χ0v) is 14.0. The molecule has 0 heterocycles. The molecule has 0 radical (unpaired) electrons. The summed E-state index contributed by atoms with van der Waals surface area (Å²) in [5, 5.41) is 0. The molecule has 0 bridgehead atoms. The number of ketones is 1. The van der Waals surface area contributed by atoms with Crippen molar-refractivity contribution in [1.82, 2.24) is 0 Å². The summed E-state index contributed by atoms with van der Waals surface area (Å²) < 4.78 is 6.30. The van der Waals surface area contributed by atoms with Gasteiger partial charge in [0.15, 0.2) is 14.1 Å². The summed E-state index contributed by atoms with van der Waals surface area (Å²) in [6.07, 6.45) is 0.443. The van der Waals surface area contributed by atoms with Gasteiger partial charge >= 0.3 is 0 Å². The van der Waals surface area contributed by atoms with Crippen molar-refractivity contribution in [2.45, 2.75) is 52.4 Å². The van der Waals surface area contributed by atoms with Gasteiger partial charge in [0, 0.05) is 12.0 Å². The predicted molar refractivity (Wildman–Crippen MR) is 83.1 cm³/mol. The molecule has 1 rings (SSSR count). The first-order chi connectivity index (χ1) is 8.64. The fraction of sp³-hybridized carbons (Fsp3) is 0.562. The molecule has 0 aliphatic rings. The zero-order valence-electron chi connectivity index (χ0n) is 13.0. The monoisotopic (exact) mass is 278 g/mol. The minimum atomic E-state index is -1.68. The number of carbonyl (C=O) groups excluding carboxylic acids is 1. The molecular formula is C16H26O2Si. The maximum atomic E-state index is 12.4. The minimum absolute atomic E-state index is 0.162. The molecule has 0 N–H and O–H groups in total. The van der Waals surface area contributed by atoms with Gasteiger partial charge in [-0.1, -0.05) is 44.2 Å². The topological polar surface area (TPSA) is 26.3 Å². The van der Waals surface area contributed by atoms with Gasteiger partial charge in [-0.15, -0.1) is 0 Å². The number of carbonyl (C=O) groups is 1. The van der Waals surface area contributed by atoms with Gasteiger partial charge in [0.05, 0.1) is 5.60 Å². The van der Waals surface area contributed by atoms with Crippen molar-refractivity contribution in [2.24, 2.45) is 5.92 Å². The lowest BCUT2D eigenvalue weighted by molar-refractivity contribution is 0.0248. The summed E-state index contributed by atoms with van der Waals surface area (Å²) in [5.41, 5.74) is 0.394. The minimum Gasteiger partial charge on any atom is -0.412 e. The first-order valence-electron chi connectivity index (χ1n) is 6.92. The van der Waals surface area contributed by atoms with Crippen LogP contribution in [0.5, 0.6) is 0 Å². The summed E-state index contributed by atoms with van der Waals surface area (Å²) in [6, 6.07) is 9.48. The Hall–Kier alpha value is -0.933. The Morgan fingerprint density at radius 2 is 1.74 bits per heavy atom. The summed E-state index contributed by atoms with van der Waals surface area (Å²) >= 11 is 0. The second kappa shape index (κ2) is 6.01. The maximum absolute atomic E-state index is 12.4. The fourth-order valence-corrected chi connectivity index (χ4v) is 3.81. The first kappa shape index (κ1) is 16.1. The molecule has 0 fully saturated rings. The van der Waals surface area contributed by atoms with E-state index in [0.717, 1.165) is 5.56 Å². The van der Waals surface area contributed by atoms with Crippen LogP contribution >= 0.6 is 0 Å². The van der Waals surface area contributed by atoms with Gasteiger partial charge in [0.25, 0.3) is 0 Å². The Morgan fingerprint density at radius 3 is 2.16 bits per heavy atom. The molecule has 0 saturated carbocycles. The fourth-order valence-electron chi connectivity index (χ4n) is 2.10. The molecule has 1 unspecified atom stereocenters. The van der Waals surface area contributed by atoms with Crippen LogP contribution in [0.15, 0.2) is 30.3 Å². The number of hydrogen-bond acceptors (Lipinski definition) is 2. The molecule has 1 atom stereocenters.